The van der Waals surface area contributed by atoms with E-state index in [0.717, 1.165) is 111 Å². The van der Waals surface area contributed by atoms with E-state index < -0.39 is 369 Å². The van der Waals surface area contributed by atoms with Crippen LogP contribution in [-0.2, 0) is 105 Å². The highest BCUT2D eigenvalue weighted by Gasteiger charge is 2.67. The third-order valence-corrected chi connectivity index (χ3v) is 28.6. The molecular formula is C96H169N5O48. The largest absolute Gasteiger partial charge is 0.477 e. The number of rotatable bonds is 67. The molecule has 0 saturated carbocycles. The van der Waals surface area contributed by atoms with Gasteiger partial charge in [-0.2, -0.15) is 0 Å². The van der Waals surface area contributed by atoms with Crippen molar-refractivity contribution in [2.45, 2.75) is 497 Å². The van der Waals surface area contributed by atoms with Crippen molar-refractivity contribution in [1.29, 1.82) is 0 Å². The Bertz CT molecular complexity index is 3940. The van der Waals surface area contributed by atoms with E-state index in [0.29, 0.717) is 18.8 Å². The molecule has 42 unspecified atom stereocenters. The Morgan fingerprint density at radius 3 is 1.13 bits per heavy atom. The number of carboxylic acid groups (broad SMARTS) is 3. The highest BCUT2D eigenvalue weighted by atomic mass is 16.8. The number of unbranched alkanes of at least 4 members (excludes halogenated alkanes) is 22. The van der Waals surface area contributed by atoms with E-state index in [9.17, 15) is 171 Å². The van der Waals surface area contributed by atoms with Crippen LogP contribution in [0.4, 0.5) is 0 Å². The highest BCUT2D eigenvalue weighted by molar-refractivity contribution is 5.79. The van der Waals surface area contributed by atoms with E-state index in [4.69, 9.17) is 66.3 Å². The third-order valence-electron chi connectivity index (χ3n) is 28.6. The maximum Gasteiger partial charge on any atom is 0.364 e. The van der Waals surface area contributed by atoms with Crippen molar-refractivity contribution in [1.82, 2.24) is 26.6 Å². The molecule has 7 saturated heterocycles. The first-order valence-electron chi connectivity index (χ1n) is 52.2. The lowest BCUT2D eigenvalue weighted by atomic mass is 9.87. The Kier molecular flexibility index (Phi) is 55.6. The number of aliphatic hydroxyl groups excluding tert-OH is 23. The van der Waals surface area contributed by atoms with E-state index in [1.807, 2.05) is 0 Å². The molecule has 7 aliphatic rings. The van der Waals surface area contributed by atoms with Crippen LogP contribution >= 0.6 is 0 Å². The van der Waals surface area contributed by atoms with Gasteiger partial charge in [-0.25, -0.2) is 14.4 Å². The molecule has 53 heteroatoms. The van der Waals surface area contributed by atoms with Crippen molar-refractivity contribution in [3.8, 4) is 0 Å². The summed E-state index contributed by atoms with van der Waals surface area (Å²) in [6.45, 7) is -0.0667. The van der Waals surface area contributed by atoms with Gasteiger partial charge in [0.1, 0.15) is 159 Å². The van der Waals surface area contributed by atoms with Crippen molar-refractivity contribution in [2.75, 3.05) is 52.9 Å². The van der Waals surface area contributed by atoms with Crippen molar-refractivity contribution >= 4 is 47.4 Å². The Morgan fingerprint density at radius 1 is 0.362 bits per heavy atom. The van der Waals surface area contributed by atoms with Crippen molar-refractivity contribution < 1.29 is 237 Å². The molecule has 0 radical (unpaired) electrons. The first kappa shape index (κ1) is 130. The molecule has 7 rings (SSSR count). The van der Waals surface area contributed by atoms with Crippen LogP contribution in [-0.4, -0.2) is 483 Å². The van der Waals surface area contributed by atoms with Crippen molar-refractivity contribution in [3.63, 3.8) is 0 Å². The summed E-state index contributed by atoms with van der Waals surface area (Å²) < 4.78 is 83.7. The van der Waals surface area contributed by atoms with E-state index in [1.54, 1.807) is 0 Å². The molecule has 0 aromatic heterocycles. The maximum absolute atomic E-state index is 14.3. The number of aliphatic hydroxyl groups is 23. The van der Waals surface area contributed by atoms with Crippen LogP contribution in [0.25, 0.3) is 0 Å². The van der Waals surface area contributed by atoms with Gasteiger partial charge < -0.3 is 226 Å². The predicted molar refractivity (Wildman–Crippen MR) is 507 cm³/mol. The smallest absolute Gasteiger partial charge is 0.364 e. The van der Waals surface area contributed by atoms with Gasteiger partial charge in [0.25, 0.3) is 17.4 Å². The summed E-state index contributed by atoms with van der Waals surface area (Å²) in [5.41, 5.74) is 0. The van der Waals surface area contributed by atoms with Gasteiger partial charge >= 0.3 is 17.9 Å². The Hall–Kier alpha value is -5.72. The number of amides is 5. The Balaban J connectivity index is 1.14. The number of ether oxygens (including phenoxy) is 14. The van der Waals surface area contributed by atoms with Gasteiger partial charge in [0, 0.05) is 53.4 Å². The molecule has 7 fully saturated rings. The molecule has 149 heavy (non-hydrogen) atoms. The highest BCUT2D eigenvalue weighted by Crippen LogP contribution is 2.46. The number of carboxylic acids is 3. The first-order valence-corrected chi connectivity index (χ1v) is 52.2. The quantitative estimate of drug-likeness (QED) is 0.0252. The lowest BCUT2D eigenvalue weighted by Gasteiger charge is -2.53. The molecule has 0 spiro atoms. The van der Waals surface area contributed by atoms with Crippen molar-refractivity contribution in [2.24, 2.45) is 5.92 Å². The number of nitrogens with one attached hydrogen (secondary N) is 5. The molecule has 31 N–H and O–H groups in total. The zero-order valence-corrected chi connectivity index (χ0v) is 85.7. The normalized spacial score (nSPS) is 35.6. The van der Waals surface area contributed by atoms with E-state index in [2.05, 4.69) is 47.4 Å². The lowest BCUT2D eigenvalue weighted by molar-refractivity contribution is -0.404. The lowest BCUT2D eigenvalue weighted by Crippen LogP contribution is -2.73. The number of hydrogen-bond donors (Lipinski definition) is 31. The summed E-state index contributed by atoms with van der Waals surface area (Å²) in [5, 5.41) is 309. The molecule has 5 amide bonds. The first-order chi connectivity index (χ1) is 70.7. The van der Waals surface area contributed by atoms with Gasteiger partial charge in [-0.3, -0.25) is 24.0 Å². The van der Waals surface area contributed by atoms with Gasteiger partial charge in [0.05, 0.1) is 101 Å². The standard InChI is InChI=1S/C96H169N5O48/c1-8-10-11-12-13-14-15-16-17-18-19-23-26-29-32-35-64(119)101-52(69(120)53(113)34-31-28-25-22-20-21-24-27-30-33-47(3)9-2)46-136-88-76(127)75(126)79(62(44-107)140-88)142-90-77(128)85(74(125)61(43-106)139-90)143-87-68(100-51(7)112)84(73(124)59(41-104)137-87)148-95(92(132)133)37-56(116)67(99-50(6)111)83(147-95)72(123)60(42-105)138-89-78(129)86(149-96(93(134)135)38-55(115)66(98-49(5)110)82(146-96)71(122)58(118)40-103)80(63(45-108)141-89)144-94(91(130)131)36-54(114)65(97-48(4)109)81(145-94)70(121)57(117)39-102/h47,52-63,65-90,102-108,113-118,120-129H,8-46H2,1-7H3,(H,97,109)(H,98,110)(H,99,111)(H,100,112)(H,101,119)(H,130,131)(H,132,133)(H,134,135). The van der Waals surface area contributed by atoms with Gasteiger partial charge in [0.2, 0.25) is 29.5 Å². The Labute approximate surface area is 864 Å². The fourth-order valence-electron chi connectivity index (χ4n) is 19.9. The SMILES string of the molecule is CCCCCCCCCCCCCCCCCC(=O)NC(COC1OC(CO)C(OC2OC(CO)C(O)C(OC3OC(CO)C(O)C(OC4(C(=O)O)CC(O)C(NC(C)=O)C(C(O)C(CO)OC5OC(CO)C(OC6(C(=O)O)CC(O)C(NC(C)=O)C(C(O)C(O)CO)O6)C(OC6(C(=O)O)CC(O)C(NC(C)=O)C(C(O)C(O)CO)O6)C5O)O4)C3NC(C)=O)C2O)C(O)C1O)C(O)C(O)CCCCCCCCCCCC(C)CC. The summed E-state index contributed by atoms with van der Waals surface area (Å²) >= 11 is 0. The van der Waals surface area contributed by atoms with Gasteiger partial charge in [-0.05, 0) is 18.8 Å². The monoisotopic (exact) mass is 2160 g/mol. The number of carbonyl (C=O) groups is 8. The second kappa shape index (κ2) is 63.6. The van der Waals surface area contributed by atoms with Crippen LogP contribution in [0, 0.1) is 5.92 Å². The van der Waals surface area contributed by atoms with Gasteiger partial charge in [-0.15, -0.1) is 0 Å². The minimum absolute atomic E-state index is 0.0437. The average Bonchev–Trinajstić information content (AvgIpc) is 0.741. The van der Waals surface area contributed by atoms with Crippen LogP contribution < -0.4 is 26.6 Å². The number of carbonyl (C=O) groups excluding carboxylic acids is 5. The molecule has 53 nitrogen and oxygen atoms in total. The van der Waals surface area contributed by atoms with Crippen molar-refractivity contribution in [3.05, 3.63) is 0 Å². The minimum Gasteiger partial charge on any atom is -0.477 e. The predicted octanol–water partition coefficient (Wildman–Crippen LogP) is -7.25. The Morgan fingerprint density at radius 2 is 0.718 bits per heavy atom. The van der Waals surface area contributed by atoms with Crippen LogP contribution in [0.1, 0.15) is 248 Å². The van der Waals surface area contributed by atoms with Gasteiger partial charge in [-0.1, -0.05) is 181 Å². The summed E-state index contributed by atoms with van der Waals surface area (Å²) in [4.78, 5) is 108. The van der Waals surface area contributed by atoms with E-state index in [-0.39, 0.29) is 12.8 Å². The summed E-state index contributed by atoms with van der Waals surface area (Å²) in [5.74, 6) is -22.0. The second-order valence-corrected chi connectivity index (χ2v) is 40.3. The zero-order chi connectivity index (χ0) is 111. The topological polar surface area (TPSA) is 852 Å². The molecule has 0 aromatic carbocycles. The fraction of sp³-hybridized carbons (Fsp3) is 0.917. The number of aliphatic carboxylic acids is 3. The van der Waals surface area contributed by atoms with E-state index >= 15 is 0 Å². The summed E-state index contributed by atoms with van der Waals surface area (Å²) in [6.07, 6.45) is -53.8. The molecule has 0 bridgehead atoms. The summed E-state index contributed by atoms with van der Waals surface area (Å²) in [6, 6.07) is -9.64. The molecule has 7 aliphatic heterocycles. The van der Waals surface area contributed by atoms with Crippen LogP contribution in [0.3, 0.4) is 0 Å². The molecule has 866 valence electrons. The molecule has 0 aromatic rings. The van der Waals surface area contributed by atoms with Gasteiger partial charge in [0.15, 0.2) is 25.2 Å². The fourth-order valence-corrected chi connectivity index (χ4v) is 19.9. The molecule has 0 aliphatic carbocycles. The summed E-state index contributed by atoms with van der Waals surface area (Å²) in [7, 11) is 0. The maximum atomic E-state index is 14.3. The molecule has 7 heterocycles. The van der Waals surface area contributed by atoms with Crippen LogP contribution in [0.2, 0.25) is 0 Å². The average molecular weight is 2160 g/mol. The second-order valence-electron chi connectivity index (χ2n) is 40.3. The number of hydrogen-bond acceptors (Lipinski definition) is 45. The van der Waals surface area contributed by atoms with Crippen LogP contribution in [0.5, 0.6) is 0 Å². The molecule has 42 atom stereocenters. The minimum atomic E-state index is -3.68. The third kappa shape index (κ3) is 36.4. The van der Waals surface area contributed by atoms with Crippen LogP contribution in [0.15, 0.2) is 0 Å². The van der Waals surface area contributed by atoms with E-state index in [1.165, 1.54) is 70.6 Å². The zero-order valence-electron chi connectivity index (χ0n) is 85.7. The molecular weight excluding hydrogens is 1990 g/mol.